The van der Waals surface area contributed by atoms with E-state index in [1.807, 2.05) is 6.07 Å². The van der Waals surface area contributed by atoms with Crippen molar-refractivity contribution in [3.8, 4) is 5.88 Å². The van der Waals surface area contributed by atoms with Crippen LogP contribution < -0.4 is 5.32 Å². The fourth-order valence-electron chi connectivity index (χ4n) is 1.62. The van der Waals surface area contributed by atoms with Crippen LogP contribution in [-0.2, 0) is 6.42 Å². The molecule has 6 nitrogen and oxygen atoms in total. The van der Waals surface area contributed by atoms with Crippen LogP contribution >= 0.6 is 23.2 Å². The Morgan fingerprint density at radius 2 is 2.05 bits per heavy atom. The number of nitrogens with zero attached hydrogens (tertiary/aromatic N) is 2. The number of rotatable bonds is 5. The van der Waals surface area contributed by atoms with E-state index in [1.165, 1.54) is 0 Å². The molecule has 0 aliphatic carbocycles. The molecule has 0 amide bonds. The zero-order valence-electron chi connectivity index (χ0n) is 10.7. The predicted octanol–water partition coefficient (Wildman–Crippen LogP) is 2.84. The van der Waals surface area contributed by atoms with Crippen LogP contribution in [0.15, 0.2) is 24.4 Å². The molecule has 21 heavy (non-hydrogen) atoms. The number of aromatic nitrogens is 2. The molecule has 0 atom stereocenters. The fraction of sp³-hybridized carbons (Fsp3) is 0.154. The molecule has 0 radical (unpaired) electrons. The molecule has 0 spiro atoms. The quantitative estimate of drug-likeness (QED) is 0.781. The molecular weight excluding hydrogens is 317 g/mol. The summed E-state index contributed by atoms with van der Waals surface area (Å²) in [6.07, 6.45) is 1.69. The van der Waals surface area contributed by atoms with Gasteiger partial charge in [-0.25, -0.2) is 9.78 Å². The van der Waals surface area contributed by atoms with Crippen LogP contribution in [0.25, 0.3) is 0 Å². The lowest BCUT2D eigenvalue weighted by Gasteiger charge is -2.06. The lowest BCUT2D eigenvalue weighted by Crippen LogP contribution is -2.09. The van der Waals surface area contributed by atoms with Gasteiger partial charge in [0.1, 0.15) is 5.56 Å². The van der Waals surface area contributed by atoms with Gasteiger partial charge in [-0.3, -0.25) is 0 Å². The Labute approximate surface area is 130 Å². The van der Waals surface area contributed by atoms with Crippen molar-refractivity contribution in [1.29, 1.82) is 0 Å². The van der Waals surface area contributed by atoms with E-state index in [0.717, 1.165) is 11.8 Å². The molecule has 0 fully saturated rings. The highest BCUT2D eigenvalue weighted by Crippen LogP contribution is 2.22. The number of hydrogen-bond donors (Lipinski definition) is 3. The molecule has 2 rings (SSSR count). The van der Waals surface area contributed by atoms with E-state index in [9.17, 15) is 9.90 Å². The zero-order valence-corrected chi connectivity index (χ0v) is 12.2. The lowest BCUT2D eigenvalue weighted by atomic mass is 10.1. The van der Waals surface area contributed by atoms with Gasteiger partial charge in [0.25, 0.3) is 0 Å². The van der Waals surface area contributed by atoms with Crippen LogP contribution in [0.1, 0.15) is 15.9 Å². The van der Waals surface area contributed by atoms with Crippen molar-refractivity contribution in [2.45, 2.75) is 6.42 Å². The second-order valence-electron chi connectivity index (χ2n) is 4.16. The van der Waals surface area contributed by atoms with Gasteiger partial charge < -0.3 is 15.5 Å². The number of carbonyl (C=O) groups is 1. The lowest BCUT2D eigenvalue weighted by molar-refractivity contribution is 0.0692. The Kier molecular flexibility index (Phi) is 4.82. The monoisotopic (exact) mass is 327 g/mol. The highest BCUT2D eigenvalue weighted by atomic mass is 35.5. The van der Waals surface area contributed by atoms with E-state index in [2.05, 4.69) is 15.3 Å². The molecule has 1 aromatic carbocycles. The first-order valence-corrected chi connectivity index (χ1v) is 6.70. The molecule has 0 unspecified atom stereocenters. The van der Waals surface area contributed by atoms with Gasteiger partial charge >= 0.3 is 5.97 Å². The van der Waals surface area contributed by atoms with Crippen molar-refractivity contribution in [2.24, 2.45) is 0 Å². The first-order chi connectivity index (χ1) is 9.97. The Morgan fingerprint density at radius 1 is 1.29 bits per heavy atom. The second kappa shape index (κ2) is 6.60. The van der Waals surface area contributed by atoms with E-state index in [1.54, 1.807) is 12.1 Å². The van der Waals surface area contributed by atoms with Gasteiger partial charge in [-0.15, -0.1) is 0 Å². The number of nitrogens with one attached hydrogen (secondary N) is 1. The molecular formula is C13H11Cl2N3O3. The van der Waals surface area contributed by atoms with Gasteiger partial charge in [0.2, 0.25) is 11.8 Å². The number of carboxylic acids is 1. The normalized spacial score (nSPS) is 10.4. The highest BCUT2D eigenvalue weighted by molar-refractivity contribution is 6.42. The molecule has 0 aliphatic rings. The molecule has 110 valence electrons. The van der Waals surface area contributed by atoms with E-state index < -0.39 is 11.8 Å². The van der Waals surface area contributed by atoms with Gasteiger partial charge in [-0.2, -0.15) is 4.98 Å². The van der Waals surface area contributed by atoms with E-state index in [0.29, 0.717) is 23.0 Å². The van der Waals surface area contributed by atoms with Crippen molar-refractivity contribution in [3.63, 3.8) is 0 Å². The molecule has 0 saturated heterocycles. The standard InChI is InChI=1S/C13H11Cl2N3O3/c14-9-2-1-7(5-10(9)15)3-4-16-13-17-6-8(12(20)21)11(19)18-13/h1-2,5-6H,3-4H2,(H,20,21)(H2,16,17,18,19). The van der Waals surface area contributed by atoms with Crippen LogP contribution in [0, 0.1) is 0 Å². The average Bonchev–Trinajstić information content (AvgIpc) is 2.42. The van der Waals surface area contributed by atoms with E-state index >= 15 is 0 Å². The van der Waals surface area contributed by atoms with Crippen molar-refractivity contribution in [3.05, 3.63) is 45.6 Å². The Balaban J connectivity index is 1.95. The number of halogens is 2. The number of aromatic carboxylic acids is 1. The molecule has 3 N–H and O–H groups in total. The summed E-state index contributed by atoms with van der Waals surface area (Å²) in [5, 5.41) is 22.0. The molecule has 0 saturated carbocycles. The minimum Gasteiger partial charge on any atom is -0.493 e. The number of aromatic hydroxyl groups is 1. The van der Waals surface area contributed by atoms with Crippen LogP contribution in [0.5, 0.6) is 5.88 Å². The van der Waals surface area contributed by atoms with Crippen molar-refractivity contribution in [1.82, 2.24) is 9.97 Å². The van der Waals surface area contributed by atoms with Crippen LogP contribution in [0.2, 0.25) is 10.0 Å². The maximum Gasteiger partial charge on any atom is 0.342 e. The second-order valence-corrected chi connectivity index (χ2v) is 4.98. The molecule has 8 heteroatoms. The predicted molar refractivity (Wildman–Crippen MR) is 79.3 cm³/mol. The summed E-state index contributed by atoms with van der Waals surface area (Å²) >= 11 is 11.7. The molecule has 1 aromatic heterocycles. The highest BCUT2D eigenvalue weighted by Gasteiger charge is 2.12. The third-order valence-corrected chi connectivity index (χ3v) is 3.42. The summed E-state index contributed by atoms with van der Waals surface area (Å²) in [7, 11) is 0. The number of anilines is 1. The first kappa shape index (κ1) is 15.3. The van der Waals surface area contributed by atoms with E-state index in [-0.39, 0.29) is 11.5 Å². The first-order valence-electron chi connectivity index (χ1n) is 5.94. The maximum absolute atomic E-state index is 10.7. The summed E-state index contributed by atoms with van der Waals surface area (Å²) in [6, 6.07) is 5.32. The average molecular weight is 328 g/mol. The summed E-state index contributed by atoms with van der Waals surface area (Å²) in [6.45, 7) is 0.490. The molecule has 0 bridgehead atoms. The fourth-order valence-corrected chi connectivity index (χ4v) is 1.94. The van der Waals surface area contributed by atoms with Crippen molar-refractivity contribution < 1.29 is 15.0 Å². The van der Waals surface area contributed by atoms with Crippen LogP contribution in [-0.4, -0.2) is 32.7 Å². The third kappa shape index (κ3) is 3.96. The summed E-state index contributed by atoms with van der Waals surface area (Å²) < 4.78 is 0. The van der Waals surface area contributed by atoms with Gasteiger partial charge in [-0.1, -0.05) is 29.3 Å². The maximum atomic E-state index is 10.7. The minimum atomic E-state index is -1.28. The van der Waals surface area contributed by atoms with Crippen molar-refractivity contribution >= 4 is 35.1 Å². The molecule has 0 aliphatic heterocycles. The summed E-state index contributed by atoms with van der Waals surface area (Å²) in [4.78, 5) is 18.2. The Hall–Kier alpha value is -2.05. The topological polar surface area (TPSA) is 95.3 Å². The number of benzene rings is 1. The zero-order chi connectivity index (χ0) is 15.4. The molecule has 1 heterocycles. The number of carboxylic acid groups (broad SMARTS) is 1. The van der Waals surface area contributed by atoms with Gasteiger partial charge in [0, 0.05) is 6.54 Å². The third-order valence-electron chi connectivity index (χ3n) is 2.68. The van der Waals surface area contributed by atoms with Gasteiger partial charge in [-0.05, 0) is 24.1 Å². The molecule has 2 aromatic rings. The SMILES string of the molecule is O=C(O)c1cnc(NCCc2ccc(Cl)c(Cl)c2)nc1O. The minimum absolute atomic E-state index is 0.151. The van der Waals surface area contributed by atoms with Crippen LogP contribution in [0.4, 0.5) is 5.95 Å². The Morgan fingerprint density at radius 3 is 2.67 bits per heavy atom. The largest absolute Gasteiger partial charge is 0.493 e. The smallest absolute Gasteiger partial charge is 0.342 e. The van der Waals surface area contributed by atoms with Crippen LogP contribution in [0.3, 0.4) is 0 Å². The Bertz CT molecular complexity index is 680. The van der Waals surface area contributed by atoms with Gasteiger partial charge in [0.15, 0.2) is 0 Å². The van der Waals surface area contributed by atoms with Gasteiger partial charge in [0.05, 0.1) is 16.2 Å². The van der Waals surface area contributed by atoms with Crippen molar-refractivity contribution in [2.75, 3.05) is 11.9 Å². The van der Waals surface area contributed by atoms with E-state index in [4.69, 9.17) is 28.3 Å². The summed E-state index contributed by atoms with van der Waals surface area (Å²) in [5.74, 6) is -1.71. The summed E-state index contributed by atoms with van der Waals surface area (Å²) in [5.41, 5.74) is 0.633. The number of hydrogen-bond acceptors (Lipinski definition) is 5.